The fraction of sp³-hybridized carbons (Fsp3) is 0.625. The quantitative estimate of drug-likeness (QED) is 0.749. The van der Waals surface area contributed by atoms with Crippen molar-refractivity contribution in [1.82, 2.24) is 9.78 Å². The summed E-state index contributed by atoms with van der Waals surface area (Å²) in [5.74, 6) is 2.64. The second-order valence-corrected chi connectivity index (χ2v) is 3.89. The van der Waals surface area contributed by atoms with Gasteiger partial charge in [-0.2, -0.15) is 5.10 Å². The standard InChI is InChI=1S/C8H15N3S/c1-8(5-9)6-12-7-11-4-2-3-10-11/h2-4,8H,5-7,9H2,1H3. The summed E-state index contributed by atoms with van der Waals surface area (Å²) in [5, 5.41) is 4.10. The van der Waals surface area contributed by atoms with Crippen molar-refractivity contribution in [2.45, 2.75) is 12.8 Å². The minimum absolute atomic E-state index is 0.602. The molecule has 0 aliphatic carbocycles. The normalized spacial score (nSPS) is 13.2. The first-order valence-corrected chi connectivity index (χ1v) is 5.23. The average molecular weight is 185 g/mol. The molecule has 1 atom stereocenters. The molecule has 0 saturated heterocycles. The summed E-state index contributed by atoms with van der Waals surface area (Å²) in [6, 6.07) is 1.94. The zero-order valence-corrected chi connectivity index (χ0v) is 8.13. The summed E-state index contributed by atoms with van der Waals surface area (Å²) in [4.78, 5) is 0. The van der Waals surface area contributed by atoms with E-state index < -0.39 is 0 Å². The number of hydrogen-bond acceptors (Lipinski definition) is 3. The third-order valence-corrected chi connectivity index (χ3v) is 2.84. The molecule has 1 unspecified atom stereocenters. The van der Waals surface area contributed by atoms with Crippen LogP contribution in [0.25, 0.3) is 0 Å². The molecule has 0 amide bonds. The Morgan fingerprint density at radius 1 is 1.67 bits per heavy atom. The highest BCUT2D eigenvalue weighted by Crippen LogP contribution is 2.08. The second-order valence-electron chi connectivity index (χ2n) is 2.89. The predicted molar refractivity (Wildman–Crippen MR) is 52.9 cm³/mol. The van der Waals surface area contributed by atoms with E-state index >= 15 is 0 Å². The lowest BCUT2D eigenvalue weighted by atomic mass is 10.2. The topological polar surface area (TPSA) is 43.8 Å². The number of aromatic nitrogens is 2. The maximum absolute atomic E-state index is 5.50. The van der Waals surface area contributed by atoms with Crippen LogP contribution >= 0.6 is 11.8 Å². The van der Waals surface area contributed by atoms with Crippen molar-refractivity contribution in [2.75, 3.05) is 12.3 Å². The van der Waals surface area contributed by atoms with Crippen LogP contribution in [0.2, 0.25) is 0 Å². The molecule has 0 aromatic carbocycles. The van der Waals surface area contributed by atoms with Crippen molar-refractivity contribution in [2.24, 2.45) is 11.7 Å². The first kappa shape index (κ1) is 9.61. The molecule has 1 aromatic rings. The van der Waals surface area contributed by atoms with Crippen LogP contribution in [-0.4, -0.2) is 22.1 Å². The van der Waals surface area contributed by atoms with E-state index in [4.69, 9.17) is 5.73 Å². The molecule has 12 heavy (non-hydrogen) atoms. The summed E-state index contributed by atoms with van der Waals surface area (Å²) in [5.41, 5.74) is 5.50. The van der Waals surface area contributed by atoms with E-state index in [-0.39, 0.29) is 0 Å². The molecule has 68 valence electrons. The van der Waals surface area contributed by atoms with Crippen molar-refractivity contribution >= 4 is 11.8 Å². The van der Waals surface area contributed by atoms with Gasteiger partial charge in [0.05, 0.1) is 5.88 Å². The van der Waals surface area contributed by atoms with Crippen molar-refractivity contribution in [3.8, 4) is 0 Å². The van der Waals surface area contributed by atoms with Gasteiger partial charge in [0, 0.05) is 12.4 Å². The smallest absolute Gasteiger partial charge is 0.0863 e. The number of thioether (sulfide) groups is 1. The van der Waals surface area contributed by atoms with E-state index in [1.165, 1.54) is 0 Å². The number of nitrogens with zero attached hydrogens (tertiary/aromatic N) is 2. The van der Waals surface area contributed by atoms with Crippen molar-refractivity contribution < 1.29 is 0 Å². The Morgan fingerprint density at radius 2 is 2.50 bits per heavy atom. The summed E-state index contributed by atoms with van der Waals surface area (Å²) < 4.78 is 1.92. The SMILES string of the molecule is CC(CN)CSCn1cccn1. The van der Waals surface area contributed by atoms with Gasteiger partial charge in [-0.3, -0.25) is 4.68 Å². The number of nitrogens with two attached hydrogens (primary N) is 1. The lowest BCUT2D eigenvalue weighted by molar-refractivity contribution is 0.670. The zero-order valence-electron chi connectivity index (χ0n) is 7.31. The van der Waals surface area contributed by atoms with E-state index in [2.05, 4.69) is 12.0 Å². The van der Waals surface area contributed by atoms with Gasteiger partial charge in [-0.25, -0.2) is 0 Å². The largest absolute Gasteiger partial charge is 0.330 e. The minimum atomic E-state index is 0.602. The molecule has 0 saturated carbocycles. The molecule has 0 bridgehead atoms. The molecular weight excluding hydrogens is 170 g/mol. The monoisotopic (exact) mass is 185 g/mol. The van der Waals surface area contributed by atoms with Gasteiger partial charge in [0.2, 0.25) is 0 Å². The lowest BCUT2D eigenvalue weighted by Crippen LogP contribution is -2.13. The Morgan fingerprint density at radius 3 is 3.08 bits per heavy atom. The first-order chi connectivity index (χ1) is 5.83. The molecule has 0 spiro atoms. The Kier molecular flexibility index (Phi) is 4.18. The molecule has 1 heterocycles. The Labute approximate surface area is 77.3 Å². The molecule has 4 heteroatoms. The third kappa shape index (κ3) is 3.28. The zero-order chi connectivity index (χ0) is 8.81. The Balaban J connectivity index is 2.11. The second kappa shape index (κ2) is 5.22. The highest BCUT2D eigenvalue weighted by atomic mass is 32.2. The van der Waals surface area contributed by atoms with Crippen LogP contribution in [0.15, 0.2) is 18.5 Å². The van der Waals surface area contributed by atoms with Crippen LogP contribution in [0.5, 0.6) is 0 Å². The van der Waals surface area contributed by atoms with Gasteiger partial charge in [-0.1, -0.05) is 6.92 Å². The fourth-order valence-electron chi connectivity index (χ4n) is 0.792. The molecule has 2 N–H and O–H groups in total. The summed E-state index contributed by atoms with van der Waals surface area (Å²) in [7, 11) is 0. The molecule has 1 rings (SSSR count). The van der Waals surface area contributed by atoms with E-state index in [1.807, 2.05) is 28.7 Å². The average Bonchev–Trinajstić information content (AvgIpc) is 2.57. The highest BCUT2D eigenvalue weighted by molar-refractivity contribution is 7.98. The maximum Gasteiger partial charge on any atom is 0.0863 e. The molecule has 1 aromatic heterocycles. The third-order valence-electron chi connectivity index (χ3n) is 1.59. The summed E-state index contributed by atoms with van der Waals surface area (Å²) in [6.07, 6.45) is 3.77. The lowest BCUT2D eigenvalue weighted by Gasteiger charge is -2.07. The van der Waals surface area contributed by atoms with Gasteiger partial charge in [0.1, 0.15) is 0 Å². The van der Waals surface area contributed by atoms with Crippen LogP contribution in [0, 0.1) is 5.92 Å². The van der Waals surface area contributed by atoms with Gasteiger partial charge >= 0.3 is 0 Å². The van der Waals surface area contributed by atoms with E-state index in [9.17, 15) is 0 Å². The maximum atomic E-state index is 5.50. The number of rotatable bonds is 5. The van der Waals surface area contributed by atoms with Gasteiger partial charge < -0.3 is 5.73 Å². The minimum Gasteiger partial charge on any atom is -0.330 e. The van der Waals surface area contributed by atoms with Gasteiger partial charge in [0.25, 0.3) is 0 Å². The molecule has 0 aliphatic rings. The van der Waals surface area contributed by atoms with Crippen LogP contribution < -0.4 is 5.73 Å². The first-order valence-electron chi connectivity index (χ1n) is 4.08. The van der Waals surface area contributed by atoms with Crippen LogP contribution in [-0.2, 0) is 5.88 Å². The predicted octanol–water partition coefficient (Wildman–Crippen LogP) is 1.17. The Bertz CT molecular complexity index is 198. The molecule has 0 radical (unpaired) electrons. The van der Waals surface area contributed by atoms with Crippen molar-refractivity contribution in [1.29, 1.82) is 0 Å². The summed E-state index contributed by atoms with van der Waals surface area (Å²) >= 11 is 1.86. The van der Waals surface area contributed by atoms with Gasteiger partial charge in [0.15, 0.2) is 0 Å². The highest BCUT2D eigenvalue weighted by Gasteiger charge is 1.98. The van der Waals surface area contributed by atoms with Crippen molar-refractivity contribution in [3.63, 3.8) is 0 Å². The van der Waals surface area contributed by atoms with Crippen LogP contribution in [0.3, 0.4) is 0 Å². The Hall–Kier alpha value is -0.480. The fourth-order valence-corrected chi connectivity index (χ4v) is 1.78. The van der Waals surface area contributed by atoms with E-state index in [0.29, 0.717) is 5.92 Å². The van der Waals surface area contributed by atoms with Crippen LogP contribution in [0.1, 0.15) is 6.92 Å². The van der Waals surface area contributed by atoms with E-state index in [1.54, 1.807) is 6.20 Å². The molecule has 3 nitrogen and oxygen atoms in total. The van der Waals surface area contributed by atoms with Crippen molar-refractivity contribution in [3.05, 3.63) is 18.5 Å². The van der Waals surface area contributed by atoms with Gasteiger partial charge in [-0.15, -0.1) is 11.8 Å². The van der Waals surface area contributed by atoms with Crippen LogP contribution in [0.4, 0.5) is 0 Å². The summed E-state index contributed by atoms with van der Waals surface area (Å²) in [6.45, 7) is 2.93. The number of hydrogen-bond donors (Lipinski definition) is 1. The molecular formula is C8H15N3S. The molecule has 0 aliphatic heterocycles. The molecule has 0 fully saturated rings. The van der Waals surface area contributed by atoms with E-state index in [0.717, 1.165) is 18.2 Å². The van der Waals surface area contributed by atoms with Gasteiger partial charge in [-0.05, 0) is 24.3 Å².